The number of carbonyl (C=O) groups excluding carboxylic acids is 5. The van der Waals surface area contributed by atoms with Crippen LogP contribution in [0.5, 0.6) is 0 Å². The van der Waals surface area contributed by atoms with Gasteiger partial charge in [0, 0.05) is 38.6 Å². The molecule has 3 fully saturated rings. The summed E-state index contributed by atoms with van der Waals surface area (Å²) >= 11 is 4.38. The molecule has 1 aliphatic heterocycles. The van der Waals surface area contributed by atoms with Crippen molar-refractivity contribution in [1.82, 2.24) is 5.32 Å². The second-order valence-electron chi connectivity index (χ2n) is 21.5. The smallest absolute Gasteiger partial charge is 0.456 e. The van der Waals surface area contributed by atoms with Crippen LogP contribution in [-0.2, 0) is 42.2 Å². The average molecular weight is 1200 g/mol. The summed E-state index contributed by atoms with van der Waals surface area (Å²) < 4.78 is 39.9. The number of esters is 2. The van der Waals surface area contributed by atoms with Crippen molar-refractivity contribution in [3.8, 4) is 0 Å². The minimum atomic E-state index is -2.85. The number of Topliss-reactive ketones (excluding diaryl/α,β-unsaturated/α-hetero) is 1. The molecule has 6 rings (SSSR count). The van der Waals surface area contributed by atoms with Crippen LogP contribution in [0.3, 0.4) is 0 Å². The molecule has 1 spiro atoms. The summed E-state index contributed by atoms with van der Waals surface area (Å²) in [6, 6.07) is 19.1. The van der Waals surface area contributed by atoms with E-state index in [4.69, 9.17) is 27.8 Å². The molecule has 0 unspecified atom stereocenters. The predicted molar refractivity (Wildman–Crippen MR) is 281 cm³/mol. The number of alkyl halides is 2. The number of halogens is 2. The highest BCUT2D eigenvalue weighted by molar-refractivity contribution is 14.1. The Kier molecular flexibility index (Phi) is 16.1. The lowest BCUT2D eigenvalue weighted by atomic mass is 9.46. The third kappa shape index (κ3) is 9.44. The molecule has 1 amide bonds. The van der Waals surface area contributed by atoms with Crippen molar-refractivity contribution >= 4 is 91.6 Å². The number of fused-ring (bicyclic) bond motifs is 3. The zero-order valence-corrected chi connectivity index (χ0v) is 48.1. The van der Waals surface area contributed by atoms with Gasteiger partial charge >= 0.3 is 18.1 Å². The first-order chi connectivity index (χ1) is 31.6. The minimum Gasteiger partial charge on any atom is -0.456 e. The van der Waals surface area contributed by atoms with Gasteiger partial charge in [-0.2, -0.15) is 0 Å². The number of rotatable bonds is 15. The molecule has 1 saturated heterocycles. The van der Waals surface area contributed by atoms with Crippen LogP contribution in [0.4, 0.5) is 4.79 Å². The van der Waals surface area contributed by atoms with Gasteiger partial charge in [-0.05, 0) is 85.4 Å². The second-order valence-corrected chi connectivity index (χ2v) is 33.2. The number of hydrogen-bond acceptors (Lipinski definition) is 12. The maximum atomic E-state index is 16.2. The van der Waals surface area contributed by atoms with Crippen molar-refractivity contribution < 1.29 is 56.9 Å². The molecule has 13 nitrogen and oxygen atoms in total. The molecule has 3 aliphatic carbocycles. The van der Waals surface area contributed by atoms with Crippen molar-refractivity contribution in [2.24, 2.45) is 16.7 Å². The van der Waals surface area contributed by atoms with Gasteiger partial charge < -0.3 is 38.2 Å². The molecule has 68 heavy (non-hydrogen) atoms. The molecule has 2 aromatic rings. The van der Waals surface area contributed by atoms with E-state index in [0.29, 0.717) is 28.7 Å². The van der Waals surface area contributed by atoms with Crippen LogP contribution in [0, 0.1) is 16.7 Å². The molecular weight excluding hydrogens is 1130 g/mol. The van der Waals surface area contributed by atoms with Gasteiger partial charge in [0.15, 0.2) is 46.3 Å². The van der Waals surface area contributed by atoms with Gasteiger partial charge in [0.25, 0.3) is 5.91 Å². The number of ether oxygens (including phenoxy) is 4. The van der Waals surface area contributed by atoms with Gasteiger partial charge in [-0.25, -0.2) is 9.59 Å². The van der Waals surface area contributed by atoms with Crippen molar-refractivity contribution in [1.29, 1.82) is 0 Å². The Morgan fingerprint density at radius 1 is 0.941 bits per heavy atom. The largest absolute Gasteiger partial charge is 0.509 e. The van der Waals surface area contributed by atoms with E-state index in [0.717, 1.165) is 18.1 Å². The maximum absolute atomic E-state index is 16.2. The fourth-order valence-electron chi connectivity index (χ4n) is 11.2. The van der Waals surface area contributed by atoms with Crippen LogP contribution in [0.15, 0.2) is 71.8 Å². The van der Waals surface area contributed by atoms with E-state index in [1.807, 2.05) is 84.1 Å². The van der Waals surface area contributed by atoms with Crippen molar-refractivity contribution in [3.05, 3.63) is 82.9 Å². The Labute approximate surface area is 431 Å². The fourth-order valence-corrected chi connectivity index (χ4v) is 18.3. The highest BCUT2D eigenvalue weighted by atomic mass is 127. The normalized spacial score (nSPS) is 31.2. The summed E-state index contributed by atoms with van der Waals surface area (Å²) in [5.74, 6) is -3.60. The van der Waals surface area contributed by atoms with Gasteiger partial charge in [-0.3, -0.25) is 14.4 Å². The number of carbonyl (C=O) groups is 5. The van der Waals surface area contributed by atoms with Gasteiger partial charge in [-0.15, -0.1) is 0 Å². The minimum absolute atomic E-state index is 0.142. The second kappa shape index (κ2) is 20.1. The number of ketones is 1. The Balaban J connectivity index is 1.59. The standard InChI is InChI=1S/C51H71I2NO12Si2/c1-14-68(15-2,16-3)65-36-27-35(53)50(60,29-52)41-43-51(64-46(59)63-43)28-34(30(4)37(48(51,9)10)39(61-31(5)55)42(56)49(36,41)11)62-45(58)40(66-67(12,13)47(6,7)8)38(32-23-19-17-20-24-32)54-44(57)33-25-21-18-22-26-33/h17-26,34-36,38-41,43,60H,14-16,27-29H2,1-13H3,(H,54,57)/t34-,35-,36-,38-,39+,40+,41-,43-,49+,50-,51+/m0/s1. The fraction of sp³-hybridized carbons (Fsp3) is 0.627. The highest BCUT2D eigenvalue weighted by Gasteiger charge is 2.78. The zero-order valence-electron chi connectivity index (χ0n) is 41.8. The molecular formula is C51H71I2NO12Si2. The number of nitrogens with one attached hydrogen (secondary N) is 1. The molecule has 11 atom stereocenters. The number of benzene rings is 2. The molecule has 1 heterocycles. The van der Waals surface area contributed by atoms with E-state index in [-0.39, 0.29) is 15.9 Å². The SMILES string of the molecule is CC[Si](CC)(CC)O[C@H]1C[C@H](I)[C@@](O)(CI)[C@H]2[C@@H]3OC(=O)O[C@]34C[C@H](OC(=O)[C@H](O[Si](C)(C)C(C)(C)C)[C@@H](NC(=O)c3ccccc3)c3ccccc3)C(C)=C([C@@H](OC(C)=O)C(=O)[C@]12C)C4(C)C. The molecule has 0 radical (unpaired) electrons. The highest BCUT2D eigenvalue weighted by Crippen LogP contribution is 2.66. The molecule has 2 aromatic carbocycles. The first-order valence-electron chi connectivity index (χ1n) is 23.9. The van der Waals surface area contributed by atoms with Gasteiger partial charge in [0.1, 0.15) is 6.10 Å². The van der Waals surface area contributed by atoms with Gasteiger partial charge in [0.2, 0.25) is 0 Å². The first kappa shape index (κ1) is 54.6. The van der Waals surface area contributed by atoms with E-state index < -0.39 is 115 Å². The predicted octanol–water partition coefficient (Wildman–Crippen LogP) is 10.4. The van der Waals surface area contributed by atoms with Crippen LogP contribution in [-0.4, -0.2) is 102 Å². The van der Waals surface area contributed by atoms with E-state index in [1.165, 1.54) is 6.92 Å². The first-order valence-corrected chi connectivity index (χ1v) is 32.1. The van der Waals surface area contributed by atoms with Crippen LogP contribution in [0.25, 0.3) is 0 Å². The van der Waals surface area contributed by atoms with Crippen LogP contribution in [0.1, 0.15) is 111 Å². The van der Waals surface area contributed by atoms with Crippen LogP contribution >= 0.6 is 45.2 Å². The Hall–Kier alpha value is -2.70. The monoisotopic (exact) mass is 1200 g/mol. The van der Waals surface area contributed by atoms with Crippen molar-refractivity contribution in [3.63, 3.8) is 0 Å². The van der Waals surface area contributed by atoms with Crippen molar-refractivity contribution in [2.45, 2.75) is 177 Å². The van der Waals surface area contributed by atoms with Crippen LogP contribution in [0.2, 0.25) is 36.3 Å². The quantitative estimate of drug-likeness (QED) is 0.0432. The Morgan fingerprint density at radius 3 is 2.04 bits per heavy atom. The summed E-state index contributed by atoms with van der Waals surface area (Å²) in [6.07, 6.45) is -7.01. The Morgan fingerprint density at radius 2 is 1.51 bits per heavy atom. The van der Waals surface area contributed by atoms with E-state index in [2.05, 4.69) is 71.3 Å². The maximum Gasteiger partial charge on any atom is 0.509 e. The third-order valence-corrected chi connectivity index (χ3v) is 28.5. The summed E-state index contributed by atoms with van der Waals surface area (Å²) in [5.41, 5.74) is -4.51. The lowest BCUT2D eigenvalue weighted by molar-refractivity contribution is -0.219. The molecule has 2 bridgehead atoms. The lowest BCUT2D eigenvalue weighted by Crippen LogP contribution is -2.76. The average Bonchev–Trinajstić information content (AvgIpc) is 3.62. The summed E-state index contributed by atoms with van der Waals surface area (Å²) in [4.78, 5) is 73.2. The van der Waals surface area contributed by atoms with E-state index >= 15 is 9.59 Å². The van der Waals surface area contributed by atoms with E-state index in [1.54, 1.807) is 38.1 Å². The van der Waals surface area contributed by atoms with Crippen LogP contribution < -0.4 is 5.32 Å². The molecule has 2 saturated carbocycles. The Bertz CT molecular complexity index is 2260. The molecule has 4 aliphatic rings. The number of amides is 1. The van der Waals surface area contributed by atoms with Crippen molar-refractivity contribution in [2.75, 3.05) is 4.43 Å². The number of hydrogen-bond donors (Lipinski definition) is 2. The van der Waals surface area contributed by atoms with Gasteiger partial charge in [-0.1, -0.05) is 149 Å². The molecule has 374 valence electrons. The summed E-state index contributed by atoms with van der Waals surface area (Å²) in [6.45, 7) is 24.9. The molecule has 2 N–H and O–H groups in total. The molecule has 0 aromatic heterocycles. The number of aliphatic hydroxyl groups is 1. The summed E-state index contributed by atoms with van der Waals surface area (Å²) in [7, 11) is -5.32. The van der Waals surface area contributed by atoms with Gasteiger partial charge in [0.05, 0.1) is 23.2 Å². The topological polar surface area (TPSA) is 173 Å². The third-order valence-electron chi connectivity index (χ3n) is 16.6. The zero-order chi connectivity index (χ0) is 50.6. The summed E-state index contributed by atoms with van der Waals surface area (Å²) in [5, 5.41) is 15.9. The lowest BCUT2D eigenvalue weighted by Gasteiger charge is -2.63. The molecule has 17 heteroatoms. The van der Waals surface area contributed by atoms with E-state index in [9.17, 15) is 19.5 Å².